The van der Waals surface area contributed by atoms with E-state index in [4.69, 9.17) is 16.3 Å². The lowest BCUT2D eigenvalue weighted by Gasteiger charge is -2.36. The van der Waals surface area contributed by atoms with E-state index in [1.54, 1.807) is 12.1 Å². The van der Waals surface area contributed by atoms with Crippen molar-refractivity contribution < 1.29 is 13.9 Å². The second-order valence-corrected chi connectivity index (χ2v) is 6.65. The van der Waals surface area contributed by atoms with Gasteiger partial charge in [0, 0.05) is 56.4 Å². The molecule has 2 aliphatic heterocycles. The SMILES string of the molecule is O=C(CN1CCN(Cc2c(F)cccc2Cl)CC1)N1CCOCC1. The maximum absolute atomic E-state index is 13.9. The first-order chi connectivity index (χ1) is 11.6. The van der Waals surface area contributed by atoms with E-state index >= 15 is 0 Å². The van der Waals surface area contributed by atoms with Crippen molar-refractivity contribution in [1.82, 2.24) is 14.7 Å². The Hall–Kier alpha value is -1.21. The van der Waals surface area contributed by atoms with Gasteiger partial charge in [0.05, 0.1) is 19.8 Å². The minimum absolute atomic E-state index is 0.170. The summed E-state index contributed by atoms with van der Waals surface area (Å²) in [6.07, 6.45) is 0. The van der Waals surface area contributed by atoms with Gasteiger partial charge in [-0.15, -0.1) is 0 Å². The number of hydrogen-bond donors (Lipinski definition) is 0. The number of carbonyl (C=O) groups is 1. The van der Waals surface area contributed by atoms with E-state index in [-0.39, 0.29) is 11.7 Å². The van der Waals surface area contributed by atoms with Gasteiger partial charge < -0.3 is 9.64 Å². The van der Waals surface area contributed by atoms with Crippen LogP contribution in [-0.4, -0.2) is 79.6 Å². The lowest BCUT2D eigenvalue weighted by Crippen LogP contribution is -2.51. The Balaban J connectivity index is 1.46. The molecule has 0 radical (unpaired) electrons. The molecule has 0 spiro atoms. The number of morpholine rings is 1. The predicted molar refractivity (Wildman–Crippen MR) is 90.5 cm³/mol. The van der Waals surface area contributed by atoms with Crippen LogP contribution in [0.4, 0.5) is 4.39 Å². The van der Waals surface area contributed by atoms with Gasteiger partial charge in [-0.25, -0.2) is 4.39 Å². The summed E-state index contributed by atoms with van der Waals surface area (Å²) in [6, 6.07) is 4.78. The highest BCUT2D eigenvalue weighted by molar-refractivity contribution is 6.31. The zero-order chi connectivity index (χ0) is 16.9. The third kappa shape index (κ3) is 4.45. The third-order valence-electron chi connectivity index (χ3n) is 4.63. The second kappa shape index (κ2) is 8.25. The van der Waals surface area contributed by atoms with Gasteiger partial charge in [-0.1, -0.05) is 17.7 Å². The summed E-state index contributed by atoms with van der Waals surface area (Å²) in [6.45, 7) is 6.82. The summed E-state index contributed by atoms with van der Waals surface area (Å²) >= 11 is 6.09. The molecule has 0 unspecified atom stereocenters. The van der Waals surface area contributed by atoms with Crippen molar-refractivity contribution in [1.29, 1.82) is 0 Å². The number of piperazine rings is 1. The number of benzene rings is 1. The Morgan fingerprint density at radius 3 is 2.42 bits per heavy atom. The van der Waals surface area contributed by atoms with Crippen molar-refractivity contribution in [3.63, 3.8) is 0 Å². The van der Waals surface area contributed by atoms with Crippen molar-refractivity contribution in [3.05, 3.63) is 34.6 Å². The van der Waals surface area contributed by atoms with E-state index in [2.05, 4.69) is 9.80 Å². The maximum atomic E-state index is 13.9. The van der Waals surface area contributed by atoms with Gasteiger partial charge in [0.25, 0.3) is 0 Å². The number of nitrogens with zero attached hydrogens (tertiary/aromatic N) is 3. The average Bonchev–Trinajstić information content (AvgIpc) is 2.60. The molecule has 2 aliphatic rings. The summed E-state index contributed by atoms with van der Waals surface area (Å²) in [4.78, 5) is 18.5. The highest BCUT2D eigenvalue weighted by Crippen LogP contribution is 2.21. The molecular formula is C17H23ClFN3O2. The monoisotopic (exact) mass is 355 g/mol. The smallest absolute Gasteiger partial charge is 0.236 e. The Morgan fingerprint density at radius 1 is 1.08 bits per heavy atom. The highest BCUT2D eigenvalue weighted by atomic mass is 35.5. The van der Waals surface area contributed by atoms with Gasteiger partial charge in [0.15, 0.2) is 0 Å². The first-order valence-corrected chi connectivity index (χ1v) is 8.74. The van der Waals surface area contributed by atoms with E-state index in [9.17, 15) is 9.18 Å². The third-order valence-corrected chi connectivity index (χ3v) is 4.99. The molecule has 0 bridgehead atoms. The Labute approximate surface area is 146 Å². The van der Waals surface area contributed by atoms with Crippen LogP contribution in [0.1, 0.15) is 5.56 Å². The summed E-state index contributed by atoms with van der Waals surface area (Å²) in [7, 11) is 0. The van der Waals surface area contributed by atoms with Crippen LogP contribution >= 0.6 is 11.6 Å². The topological polar surface area (TPSA) is 36.0 Å². The van der Waals surface area contributed by atoms with Crippen LogP contribution in [0.25, 0.3) is 0 Å². The van der Waals surface area contributed by atoms with Crippen LogP contribution < -0.4 is 0 Å². The molecule has 2 saturated heterocycles. The molecule has 24 heavy (non-hydrogen) atoms. The van der Waals surface area contributed by atoms with Gasteiger partial charge in [-0.3, -0.25) is 14.6 Å². The molecule has 1 amide bonds. The molecule has 0 saturated carbocycles. The molecule has 2 heterocycles. The largest absolute Gasteiger partial charge is 0.378 e. The number of hydrogen-bond acceptors (Lipinski definition) is 4. The molecule has 5 nitrogen and oxygen atoms in total. The van der Waals surface area contributed by atoms with Gasteiger partial charge in [-0.05, 0) is 12.1 Å². The number of amides is 1. The zero-order valence-electron chi connectivity index (χ0n) is 13.7. The van der Waals surface area contributed by atoms with E-state index in [0.717, 1.165) is 26.2 Å². The maximum Gasteiger partial charge on any atom is 0.236 e. The minimum Gasteiger partial charge on any atom is -0.378 e. The summed E-state index contributed by atoms with van der Waals surface area (Å²) in [5, 5.41) is 0.472. The molecule has 0 aromatic heterocycles. The van der Waals surface area contributed by atoms with E-state index < -0.39 is 0 Å². The van der Waals surface area contributed by atoms with Crippen LogP contribution in [0.5, 0.6) is 0 Å². The Morgan fingerprint density at radius 2 is 1.75 bits per heavy atom. The second-order valence-electron chi connectivity index (χ2n) is 6.25. The van der Waals surface area contributed by atoms with Crippen molar-refractivity contribution in [3.8, 4) is 0 Å². The molecule has 0 N–H and O–H groups in total. The standard InChI is InChI=1S/C17H23ClFN3O2/c18-15-2-1-3-16(19)14(15)12-20-4-6-21(7-5-20)13-17(23)22-8-10-24-11-9-22/h1-3H,4-13H2. The average molecular weight is 356 g/mol. The van der Waals surface area contributed by atoms with Crippen LogP contribution in [-0.2, 0) is 16.1 Å². The first kappa shape index (κ1) is 17.6. The van der Waals surface area contributed by atoms with Crippen LogP contribution in [0.3, 0.4) is 0 Å². The molecule has 3 rings (SSSR count). The van der Waals surface area contributed by atoms with Crippen molar-refractivity contribution in [2.75, 3.05) is 59.0 Å². The molecule has 1 aromatic carbocycles. The highest BCUT2D eigenvalue weighted by Gasteiger charge is 2.23. The molecular weight excluding hydrogens is 333 g/mol. The Kier molecular flexibility index (Phi) is 6.05. The molecule has 7 heteroatoms. The van der Waals surface area contributed by atoms with Gasteiger partial charge >= 0.3 is 0 Å². The fraction of sp³-hybridized carbons (Fsp3) is 0.588. The van der Waals surface area contributed by atoms with Crippen LogP contribution in [0.2, 0.25) is 5.02 Å². The molecule has 0 atom stereocenters. The Bertz CT molecular complexity index is 553. The van der Waals surface area contributed by atoms with Crippen LogP contribution in [0.15, 0.2) is 18.2 Å². The predicted octanol–water partition coefficient (Wildman–Crippen LogP) is 1.46. The van der Waals surface area contributed by atoms with E-state index in [0.29, 0.717) is 50.0 Å². The minimum atomic E-state index is -0.257. The lowest BCUT2D eigenvalue weighted by molar-refractivity contribution is -0.136. The fourth-order valence-electron chi connectivity index (χ4n) is 3.12. The van der Waals surface area contributed by atoms with Gasteiger partial charge in [-0.2, -0.15) is 0 Å². The van der Waals surface area contributed by atoms with E-state index in [1.807, 2.05) is 4.90 Å². The normalized spacial score (nSPS) is 20.3. The molecule has 132 valence electrons. The number of carbonyl (C=O) groups excluding carboxylic acids is 1. The molecule has 0 aliphatic carbocycles. The van der Waals surface area contributed by atoms with Crippen LogP contribution in [0, 0.1) is 5.82 Å². The van der Waals surface area contributed by atoms with Crippen molar-refractivity contribution >= 4 is 17.5 Å². The fourth-order valence-corrected chi connectivity index (χ4v) is 3.34. The van der Waals surface area contributed by atoms with Gasteiger partial charge in [0.1, 0.15) is 5.82 Å². The number of halogens is 2. The number of rotatable bonds is 4. The molecule has 1 aromatic rings. The van der Waals surface area contributed by atoms with Crippen molar-refractivity contribution in [2.45, 2.75) is 6.54 Å². The zero-order valence-corrected chi connectivity index (χ0v) is 14.5. The van der Waals surface area contributed by atoms with E-state index in [1.165, 1.54) is 6.07 Å². The molecule has 2 fully saturated rings. The summed E-state index contributed by atoms with van der Waals surface area (Å²) in [5.41, 5.74) is 0.553. The summed E-state index contributed by atoms with van der Waals surface area (Å²) in [5.74, 6) is -0.0867. The lowest BCUT2D eigenvalue weighted by atomic mass is 10.2. The first-order valence-electron chi connectivity index (χ1n) is 8.36. The quantitative estimate of drug-likeness (QED) is 0.819. The number of ether oxygens (including phenoxy) is 1. The summed E-state index contributed by atoms with van der Waals surface area (Å²) < 4.78 is 19.2. The van der Waals surface area contributed by atoms with Crippen molar-refractivity contribution in [2.24, 2.45) is 0 Å². The van der Waals surface area contributed by atoms with Gasteiger partial charge in [0.2, 0.25) is 5.91 Å².